The maximum Gasteiger partial charge on any atom is 0.301 e. The first-order valence-electron chi connectivity index (χ1n) is 19.8. The highest BCUT2D eigenvalue weighted by Crippen LogP contribution is 2.48. The molecule has 5 aliphatic rings. The molecular weight excluding hydrogens is 772 g/mol. The zero-order valence-electron chi connectivity index (χ0n) is 32.0. The number of benzene rings is 2. The number of carbonyl (C=O) groups is 2. The number of para-hydroxylation sites is 1. The standard InChI is InChI=1S/C41H42ClF2N9O5/c1-51-28-10-8-22(16-26(28)32-34(38(51)56)57-20-41(43,44)35(48-32)21-6-7-21)46-36-27(42)17-45-39(49-36)53-18-40(19-53)14-12-23(13-15-40)58-29-5-3-4-24-31(50-52(2)33(24)29)25-9-11-30(54)47-37(25)55/h3-5,8,10,16-17,21,23,25,35,48H,6-7,9,11-15,18-20H2,1-2H3,(H,45,46,49)(H,47,54,55)/t25?,35-/m0/s1. The van der Waals surface area contributed by atoms with Crippen molar-refractivity contribution in [3.63, 3.8) is 0 Å². The van der Waals surface area contributed by atoms with E-state index >= 15 is 8.78 Å². The summed E-state index contributed by atoms with van der Waals surface area (Å²) in [5, 5.41) is 15.2. The highest BCUT2D eigenvalue weighted by Gasteiger charge is 2.51. The van der Waals surface area contributed by atoms with Gasteiger partial charge in [0.25, 0.3) is 5.56 Å². The Balaban J connectivity index is 0.818. The van der Waals surface area contributed by atoms with Gasteiger partial charge in [-0.1, -0.05) is 23.7 Å². The van der Waals surface area contributed by atoms with Crippen LogP contribution in [-0.4, -0.2) is 73.9 Å². The summed E-state index contributed by atoms with van der Waals surface area (Å²) in [5.74, 6) is -2.81. The Morgan fingerprint density at radius 1 is 1.02 bits per heavy atom. The maximum atomic E-state index is 15.1. The summed E-state index contributed by atoms with van der Waals surface area (Å²) in [6.45, 7) is 0.724. The van der Waals surface area contributed by atoms with E-state index in [-0.39, 0.29) is 47.1 Å². The number of ether oxygens (including phenoxy) is 2. The Morgan fingerprint density at radius 2 is 1.81 bits per heavy atom. The first-order valence-corrected chi connectivity index (χ1v) is 20.2. The third-order valence-corrected chi connectivity index (χ3v) is 12.9. The number of hydrogen-bond acceptors (Lipinski definition) is 11. The maximum absolute atomic E-state index is 15.1. The minimum atomic E-state index is -3.14. The van der Waals surface area contributed by atoms with Crippen LogP contribution in [0, 0.1) is 11.3 Å². The van der Waals surface area contributed by atoms with Gasteiger partial charge < -0.3 is 29.6 Å². The van der Waals surface area contributed by atoms with Crippen molar-refractivity contribution < 1.29 is 27.8 Å². The normalized spacial score (nSPS) is 22.8. The summed E-state index contributed by atoms with van der Waals surface area (Å²) in [6.07, 6.45) is 7.42. The molecule has 17 heteroatoms. The van der Waals surface area contributed by atoms with E-state index in [0.717, 1.165) is 55.4 Å². The minimum absolute atomic E-state index is 0.0269. The van der Waals surface area contributed by atoms with Crippen LogP contribution >= 0.6 is 11.6 Å². The number of aromatic nitrogens is 5. The van der Waals surface area contributed by atoms with Gasteiger partial charge in [-0.15, -0.1) is 0 Å². The number of nitrogens with zero attached hydrogens (tertiary/aromatic N) is 6. The Hall–Kier alpha value is -5.51. The van der Waals surface area contributed by atoms with Gasteiger partial charge in [-0.3, -0.25) is 24.4 Å². The lowest BCUT2D eigenvalue weighted by molar-refractivity contribution is -0.134. The smallest absolute Gasteiger partial charge is 0.301 e. The Labute approximate surface area is 336 Å². The lowest BCUT2D eigenvalue weighted by atomic mass is 9.68. The molecule has 2 aliphatic carbocycles. The van der Waals surface area contributed by atoms with Gasteiger partial charge >= 0.3 is 5.92 Å². The van der Waals surface area contributed by atoms with Crippen molar-refractivity contribution in [3.8, 4) is 11.5 Å². The van der Waals surface area contributed by atoms with Gasteiger partial charge in [0.05, 0.1) is 41.2 Å². The number of fused-ring (bicyclic) bond motifs is 4. The number of carbonyl (C=O) groups excluding carboxylic acids is 2. The van der Waals surface area contributed by atoms with Crippen LogP contribution in [-0.2, 0) is 23.7 Å². The van der Waals surface area contributed by atoms with E-state index in [9.17, 15) is 14.4 Å². The van der Waals surface area contributed by atoms with Crippen LogP contribution in [0.3, 0.4) is 0 Å². The van der Waals surface area contributed by atoms with Crippen molar-refractivity contribution >= 4 is 68.4 Å². The number of piperidine rings is 1. The summed E-state index contributed by atoms with van der Waals surface area (Å²) in [6, 6.07) is 10.0. The van der Waals surface area contributed by atoms with Crippen molar-refractivity contribution in [2.24, 2.45) is 25.4 Å². The fourth-order valence-corrected chi connectivity index (χ4v) is 9.52. The van der Waals surface area contributed by atoms with Crippen LogP contribution in [0.25, 0.3) is 21.8 Å². The van der Waals surface area contributed by atoms with E-state index in [1.54, 1.807) is 36.1 Å². The van der Waals surface area contributed by atoms with Crippen molar-refractivity contribution in [3.05, 3.63) is 63.7 Å². The second-order valence-corrected chi connectivity index (χ2v) is 17.0. The number of rotatable bonds is 7. The molecule has 14 nitrogen and oxygen atoms in total. The lowest BCUT2D eigenvalue weighted by Gasteiger charge is -2.53. The summed E-state index contributed by atoms with van der Waals surface area (Å²) in [4.78, 5) is 49.1. The average molecular weight is 814 g/mol. The molecule has 2 aromatic carbocycles. The quantitative estimate of drug-likeness (QED) is 0.161. The molecular formula is C41H42ClF2N9O5. The monoisotopic (exact) mass is 813 g/mol. The van der Waals surface area contributed by atoms with E-state index in [1.807, 2.05) is 25.2 Å². The molecule has 0 radical (unpaired) electrons. The predicted octanol–water partition coefficient (Wildman–Crippen LogP) is 6.18. The molecule has 0 bridgehead atoms. The number of hydrogen-bond donors (Lipinski definition) is 3. The molecule has 2 saturated carbocycles. The van der Waals surface area contributed by atoms with Crippen LogP contribution in [0.5, 0.6) is 11.5 Å². The SMILES string of the molecule is Cn1nc(C2CCC(=O)NC2=O)c2cccc(OC3CCC4(CC3)CN(c3ncc(Cl)c(Nc5ccc6c(c5)c5c(c(=O)n6C)OCC(F)(F)[C@H](C6CC6)N5)n3)C4)c21. The molecule has 58 heavy (non-hydrogen) atoms. The number of aryl methyl sites for hydroxylation is 2. The number of pyridine rings is 1. The number of nitrogens with one attached hydrogen (secondary N) is 3. The summed E-state index contributed by atoms with van der Waals surface area (Å²) in [7, 11) is 3.45. The van der Waals surface area contributed by atoms with Crippen LogP contribution in [0.4, 0.5) is 31.9 Å². The molecule has 3 aromatic heterocycles. The topological polar surface area (TPSA) is 158 Å². The molecule has 3 aliphatic heterocycles. The molecule has 1 unspecified atom stereocenters. The van der Waals surface area contributed by atoms with Gasteiger partial charge in [0.15, 0.2) is 12.4 Å². The fraction of sp³-hybridized carbons (Fsp3) is 0.463. The molecule has 3 N–H and O–H groups in total. The van der Waals surface area contributed by atoms with E-state index in [2.05, 4.69) is 25.8 Å². The number of halogens is 3. The summed E-state index contributed by atoms with van der Waals surface area (Å²) in [5.41, 5.74) is 2.57. The molecule has 1 spiro atoms. The number of anilines is 4. The number of imide groups is 1. The fourth-order valence-electron chi connectivity index (χ4n) is 9.38. The van der Waals surface area contributed by atoms with Crippen molar-refractivity contribution in [1.29, 1.82) is 0 Å². The van der Waals surface area contributed by atoms with Gasteiger partial charge in [-0.25, -0.2) is 13.8 Å². The van der Waals surface area contributed by atoms with Gasteiger partial charge in [-0.05, 0) is 75.1 Å². The average Bonchev–Trinajstić information content (AvgIpc) is 3.99. The van der Waals surface area contributed by atoms with E-state index in [0.29, 0.717) is 58.3 Å². The number of amides is 2. The highest BCUT2D eigenvalue weighted by atomic mass is 35.5. The zero-order valence-corrected chi connectivity index (χ0v) is 32.7. The van der Waals surface area contributed by atoms with Crippen molar-refractivity contribution in [2.75, 3.05) is 35.2 Å². The molecule has 5 aromatic rings. The van der Waals surface area contributed by atoms with Crippen LogP contribution in [0.1, 0.15) is 63.0 Å². The molecule has 302 valence electrons. The molecule has 2 amide bonds. The Bertz CT molecular complexity index is 2580. The molecule has 2 saturated heterocycles. The number of alkyl halides is 2. The van der Waals surface area contributed by atoms with Crippen molar-refractivity contribution in [2.45, 2.75) is 75.4 Å². The summed E-state index contributed by atoms with van der Waals surface area (Å²) >= 11 is 6.61. The van der Waals surface area contributed by atoms with E-state index < -0.39 is 30.0 Å². The molecule has 4 fully saturated rings. The molecule has 6 heterocycles. The minimum Gasteiger partial charge on any atom is -0.488 e. The second-order valence-electron chi connectivity index (χ2n) is 16.6. The largest absolute Gasteiger partial charge is 0.488 e. The third-order valence-electron chi connectivity index (χ3n) is 12.7. The first-order chi connectivity index (χ1) is 27.9. The van der Waals surface area contributed by atoms with Gasteiger partial charge in [0.2, 0.25) is 23.5 Å². The van der Waals surface area contributed by atoms with Gasteiger partial charge in [-0.2, -0.15) is 10.1 Å². The zero-order chi connectivity index (χ0) is 40.1. The molecule has 2 atom stereocenters. The van der Waals surface area contributed by atoms with E-state index in [4.69, 9.17) is 31.2 Å². The van der Waals surface area contributed by atoms with Gasteiger partial charge in [0.1, 0.15) is 16.3 Å². The molecule has 10 rings (SSSR count). The summed E-state index contributed by atoms with van der Waals surface area (Å²) < 4.78 is 45.6. The predicted molar refractivity (Wildman–Crippen MR) is 213 cm³/mol. The van der Waals surface area contributed by atoms with Gasteiger partial charge in [0, 0.05) is 55.5 Å². The van der Waals surface area contributed by atoms with Crippen molar-refractivity contribution in [1.82, 2.24) is 29.6 Å². The first kappa shape index (κ1) is 36.8. The highest BCUT2D eigenvalue weighted by molar-refractivity contribution is 6.33. The third kappa shape index (κ3) is 6.27. The Morgan fingerprint density at radius 3 is 2.57 bits per heavy atom. The second kappa shape index (κ2) is 13.5. The lowest BCUT2D eigenvalue weighted by Crippen LogP contribution is -2.58. The van der Waals surface area contributed by atoms with E-state index in [1.165, 1.54) is 4.57 Å². The Kier molecular flexibility index (Phi) is 8.59. The van der Waals surface area contributed by atoms with Crippen LogP contribution in [0.15, 0.2) is 47.4 Å². The van der Waals surface area contributed by atoms with Crippen LogP contribution < -0.4 is 35.9 Å². The van der Waals surface area contributed by atoms with Crippen LogP contribution in [0.2, 0.25) is 5.02 Å².